The second-order valence-electron chi connectivity index (χ2n) is 4.12. The van der Waals surface area contributed by atoms with Crippen LogP contribution in [0.1, 0.15) is 31.7 Å². The zero-order valence-electron chi connectivity index (χ0n) is 13.9. The first kappa shape index (κ1) is 7.00. The molecule has 0 N–H and O–H groups in total. The fourth-order valence-electron chi connectivity index (χ4n) is 2.05. The van der Waals surface area contributed by atoms with Crippen LogP contribution in [0.3, 0.4) is 0 Å². The van der Waals surface area contributed by atoms with E-state index in [0.717, 1.165) is 11.3 Å². The monoisotopic (exact) mass is 220 g/mol. The number of hydrogen-bond acceptors (Lipinski definition) is 2. The molecule has 1 aliphatic heterocycles. The molecule has 1 aromatic carbocycles. The summed E-state index contributed by atoms with van der Waals surface area (Å²) >= 11 is 0. The first-order valence-corrected chi connectivity index (χ1v) is 5.47. The minimum Gasteiger partial charge on any atom is -0.353 e. The average molecular weight is 220 g/mol. The Labute approximate surface area is 104 Å². The van der Waals surface area contributed by atoms with Gasteiger partial charge in [-0.1, -0.05) is 18.2 Å². The van der Waals surface area contributed by atoms with Crippen LogP contribution in [0.4, 0.5) is 5.69 Å². The number of aryl methyl sites for hydroxylation is 1. The number of hydrogen-bond donors (Lipinski definition) is 0. The highest BCUT2D eigenvalue weighted by atomic mass is 15.4. The molecule has 1 heterocycles. The van der Waals surface area contributed by atoms with Crippen molar-refractivity contribution in [1.29, 1.82) is 0 Å². The molecule has 16 heavy (non-hydrogen) atoms. The van der Waals surface area contributed by atoms with Gasteiger partial charge in [0.15, 0.2) is 0 Å². The molecule has 2 atom stereocenters. The lowest BCUT2D eigenvalue weighted by Crippen LogP contribution is -2.39. The normalized spacial score (nSPS) is 28.1. The SMILES string of the molecule is [2H]C([2H])([2H])C([2H])(C)N1C=CN(c2ccccc2C)[C@@H]1C. The van der Waals surface area contributed by atoms with Gasteiger partial charge < -0.3 is 9.80 Å². The molecule has 2 nitrogen and oxygen atoms in total. The summed E-state index contributed by atoms with van der Waals surface area (Å²) in [5.74, 6) is 0. The summed E-state index contributed by atoms with van der Waals surface area (Å²) in [5.41, 5.74) is 2.14. The Morgan fingerprint density at radius 1 is 1.38 bits per heavy atom. The lowest BCUT2D eigenvalue weighted by atomic mass is 10.2. The van der Waals surface area contributed by atoms with Crippen LogP contribution in [0.25, 0.3) is 0 Å². The third-order valence-corrected chi connectivity index (χ3v) is 2.97. The van der Waals surface area contributed by atoms with E-state index < -0.39 is 12.9 Å². The Morgan fingerprint density at radius 2 is 2.12 bits per heavy atom. The molecule has 0 fully saturated rings. The lowest BCUT2D eigenvalue weighted by Gasteiger charge is -2.33. The van der Waals surface area contributed by atoms with E-state index in [4.69, 9.17) is 5.48 Å². The van der Waals surface area contributed by atoms with E-state index in [9.17, 15) is 0 Å². The molecule has 0 amide bonds. The Kier molecular flexibility index (Phi) is 1.84. The maximum absolute atomic E-state index is 8.20. The fraction of sp³-hybridized carbons (Fsp3) is 0.429. The van der Waals surface area contributed by atoms with E-state index in [0.29, 0.717) is 0 Å². The Hall–Kier alpha value is -1.44. The van der Waals surface area contributed by atoms with Gasteiger partial charge in [-0.3, -0.25) is 0 Å². The molecule has 0 saturated carbocycles. The molecule has 0 radical (unpaired) electrons. The molecule has 86 valence electrons. The third kappa shape index (κ3) is 1.80. The molecule has 1 aromatic rings. The molecule has 1 unspecified atom stereocenters. The van der Waals surface area contributed by atoms with Crippen molar-refractivity contribution in [2.45, 2.75) is 39.8 Å². The van der Waals surface area contributed by atoms with E-state index >= 15 is 0 Å². The number of nitrogens with zero attached hydrogens (tertiary/aromatic N) is 2. The van der Waals surface area contributed by atoms with Crippen molar-refractivity contribution in [3.8, 4) is 0 Å². The van der Waals surface area contributed by atoms with Crippen molar-refractivity contribution >= 4 is 5.69 Å². The summed E-state index contributed by atoms with van der Waals surface area (Å²) in [4.78, 5) is 3.57. The van der Waals surface area contributed by atoms with Gasteiger partial charge in [-0.15, -0.1) is 0 Å². The highest BCUT2D eigenvalue weighted by Gasteiger charge is 2.25. The molecule has 2 rings (SSSR count). The van der Waals surface area contributed by atoms with Crippen LogP contribution in [0.5, 0.6) is 0 Å². The second-order valence-corrected chi connectivity index (χ2v) is 4.12. The second kappa shape index (κ2) is 4.20. The van der Waals surface area contributed by atoms with Gasteiger partial charge in [0.2, 0.25) is 0 Å². The topological polar surface area (TPSA) is 6.48 Å². The van der Waals surface area contributed by atoms with Crippen LogP contribution in [0, 0.1) is 6.92 Å². The molecule has 0 saturated heterocycles. The largest absolute Gasteiger partial charge is 0.353 e. The Morgan fingerprint density at radius 3 is 2.81 bits per heavy atom. The van der Waals surface area contributed by atoms with Gasteiger partial charge in [0, 0.05) is 28.2 Å². The van der Waals surface area contributed by atoms with Gasteiger partial charge in [0.1, 0.15) is 6.17 Å². The molecular weight excluding hydrogens is 196 g/mol. The summed E-state index contributed by atoms with van der Waals surface area (Å²) in [6, 6.07) is 6.28. The number of anilines is 1. The predicted octanol–water partition coefficient (Wildman–Crippen LogP) is 3.34. The Balaban J connectivity index is 2.30. The highest BCUT2D eigenvalue weighted by Crippen LogP contribution is 2.28. The zero-order chi connectivity index (χ0) is 15.1. The van der Waals surface area contributed by atoms with Gasteiger partial charge in [-0.25, -0.2) is 0 Å². The molecule has 0 bridgehead atoms. The van der Waals surface area contributed by atoms with Crippen molar-refractivity contribution < 1.29 is 5.48 Å². The molecular formula is C14H20N2. The van der Waals surface area contributed by atoms with E-state index in [1.165, 1.54) is 6.92 Å². The van der Waals surface area contributed by atoms with Crippen LogP contribution in [0.15, 0.2) is 36.7 Å². The molecule has 0 aliphatic carbocycles. The van der Waals surface area contributed by atoms with E-state index in [1.807, 2.05) is 49.2 Å². The summed E-state index contributed by atoms with van der Waals surface area (Å²) in [5, 5.41) is 0. The summed E-state index contributed by atoms with van der Waals surface area (Å²) in [7, 11) is 0. The first-order valence-electron chi connectivity index (χ1n) is 7.47. The number of rotatable bonds is 2. The van der Waals surface area contributed by atoms with Crippen molar-refractivity contribution in [1.82, 2.24) is 4.90 Å². The molecule has 2 heteroatoms. The van der Waals surface area contributed by atoms with E-state index in [-0.39, 0.29) is 6.17 Å². The smallest absolute Gasteiger partial charge is 0.103 e. The Bertz CT molecular complexity index is 522. The van der Waals surface area contributed by atoms with Crippen LogP contribution < -0.4 is 4.90 Å². The highest BCUT2D eigenvalue weighted by molar-refractivity contribution is 5.56. The predicted molar refractivity (Wildman–Crippen MR) is 69.2 cm³/mol. The molecule has 0 spiro atoms. The van der Waals surface area contributed by atoms with Crippen LogP contribution in [-0.2, 0) is 0 Å². The van der Waals surface area contributed by atoms with Crippen molar-refractivity contribution in [2.24, 2.45) is 0 Å². The number of benzene rings is 1. The van der Waals surface area contributed by atoms with Crippen molar-refractivity contribution in [2.75, 3.05) is 4.90 Å². The maximum Gasteiger partial charge on any atom is 0.103 e. The minimum absolute atomic E-state index is 0.209. The zero-order valence-corrected chi connectivity index (χ0v) is 9.94. The fourth-order valence-corrected chi connectivity index (χ4v) is 2.05. The van der Waals surface area contributed by atoms with E-state index in [2.05, 4.69) is 0 Å². The first-order chi connectivity index (χ1) is 9.16. The number of para-hydroxylation sites is 1. The summed E-state index contributed by atoms with van der Waals surface area (Å²) in [6.45, 7) is 2.99. The van der Waals surface area contributed by atoms with Gasteiger partial charge in [0.25, 0.3) is 0 Å². The summed E-state index contributed by atoms with van der Waals surface area (Å²) in [6.07, 6.45) is 3.32. The van der Waals surface area contributed by atoms with Crippen molar-refractivity contribution in [3.63, 3.8) is 0 Å². The molecule has 0 aromatic heterocycles. The van der Waals surface area contributed by atoms with Gasteiger partial charge >= 0.3 is 0 Å². The standard InChI is InChI=1S/C14H20N2/c1-11(2)15-9-10-16(13(15)4)14-8-6-5-7-12(14)3/h5-11,13H,1-4H3/t13-/m1/s1/i1D3,11D/t11?,13-. The van der Waals surface area contributed by atoms with Crippen LogP contribution >= 0.6 is 0 Å². The van der Waals surface area contributed by atoms with Gasteiger partial charge in [0.05, 0.1) is 1.37 Å². The van der Waals surface area contributed by atoms with Gasteiger partial charge in [-0.05, 0) is 39.3 Å². The third-order valence-electron chi connectivity index (χ3n) is 2.97. The molecule has 1 aliphatic rings. The van der Waals surface area contributed by atoms with Crippen LogP contribution in [0.2, 0.25) is 0 Å². The maximum atomic E-state index is 8.20. The van der Waals surface area contributed by atoms with E-state index in [1.54, 1.807) is 11.1 Å². The quantitative estimate of drug-likeness (QED) is 0.754. The van der Waals surface area contributed by atoms with Crippen molar-refractivity contribution in [3.05, 3.63) is 42.2 Å². The minimum atomic E-state index is -2.37. The van der Waals surface area contributed by atoms with Gasteiger partial charge in [-0.2, -0.15) is 0 Å². The average Bonchev–Trinajstić information content (AvgIpc) is 2.71. The lowest BCUT2D eigenvalue weighted by molar-refractivity contribution is 0.263. The van der Waals surface area contributed by atoms with Crippen LogP contribution in [-0.4, -0.2) is 17.1 Å². The summed E-state index contributed by atoms with van der Waals surface area (Å²) < 4.78 is 30.9.